The summed E-state index contributed by atoms with van der Waals surface area (Å²) in [6.07, 6.45) is 3.59. The maximum absolute atomic E-state index is 3.93. The van der Waals surface area contributed by atoms with Gasteiger partial charge in [0.1, 0.15) is 0 Å². The van der Waals surface area contributed by atoms with Gasteiger partial charge in [0.25, 0.3) is 0 Å². The molecule has 62 valence electrons. The molecule has 12 heavy (non-hydrogen) atoms. The van der Waals surface area contributed by atoms with Gasteiger partial charge in [-0.05, 0) is 5.56 Å². The van der Waals surface area contributed by atoms with E-state index in [-0.39, 0.29) is 0 Å². The molecule has 2 nitrogen and oxygen atoms in total. The highest BCUT2D eigenvalue weighted by Crippen LogP contribution is 2.06. The number of nitrogens with one attached hydrogen (secondary N) is 1. The first-order valence-electron chi connectivity index (χ1n) is 3.79. The predicted octanol–water partition coefficient (Wildman–Crippen LogP) is 1.88. The summed E-state index contributed by atoms with van der Waals surface area (Å²) in [5.74, 6) is 0. The third-order valence-corrected chi connectivity index (χ3v) is 1.55. The minimum atomic E-state index is 1.07. The third kappa shape index (κ3) is 1.95. The monoisotopic (exact) mass is 160 g/mol. The van der Waals surface area contributed by atoms with E-state index in [9.17, 15) is 0 Å². The van der Waals surface area contributed by atoms with Gasteiger partial charge in [-0.3, -0.25) is 0 Å². The van der Waals surface area contributed by atoms with Crippen molar-refractivity contribution in [1.82, 2.24) is 5.43 Å². The van der Waals surface area contributed by atoms with Crippen LogP contribution in [0.3, 0.4) is 0 Å². The van der Waals surface area contributed by atoms with Gasteiger partial charge in [0.2, 0.25) is 0 Å². The molecule has 0 saturated heterocycles. The highest BCUT2D eigenvalue weighted by Gasteiger charge is 1.92. The van der Waals surface area contributed by atoms with Crippen LogP contribution < -0.4 is 5.43 Å². The number of nitrogens with zero attached hydrogens (tertiary/aromatic N) is 1. The molecule has 0 aliphatic carbocycles. The van der Waals surface area contributed by atoms with Crippen molar-refractivity contribution in [2.45, 2.75) is 0 Å². The van der Waals surface area contributed by atoms with Crippen molar-refractivity contribution < 1.29 is 0 Å². The Hall–Kier alpha value is -1.57. The molecule has 0 aromatic heterocycles. The molecule has 2 heteroatoms. The molecule has 0 saturated carbocycles. The largest absolute Gasteiger partial charge is 0.313 e. The SMILES string of the molecule is C=Cc1ccccc1/C=N/NC. The van der Waals surface area contributed by atoms with Crippen LogP contribution in [-0.4, -0.2) is 13.3 Å². The lowest BCUT2D eigenvalue weighted by molar-refractivity contribution is 0.908. The fraction of sp³-hybridized carbons (Fsp3) is 0.100. The first-order chi connectivity index (χ1) is 5.88. The van der Waals surface area contributed by atoms with E-state index in [2.05, 4.69) is 17.1 Å². The Kier molecular flexibility index (Phi) is 3.08. The summed E-state index contributed by atoms with van der Waals surface area (Å²) in [7, 11) is 1.77. The van der Waals surface area contributed by atoms with Crippen LogP contribution in [0.4, 0.5) is 0 Å². The average molecular weight is 160 g/mol. The molecule has 0 aliphatic heterocycles. The molecular weight excluding hydrogens is 148 g/mol. The van der Waals surface area contributed by atoms with Crippen LogP contribution in [0.25, 0.3) is 6.08 Å². The van der Waals surface area contributed by atoms with Crippen LogP contribution in [0.2, 0.25) is 0 Å². The second-order valence-corrected chi connectivity index (χ2v) is 2.31. The Balaban J connectivity index is 2.96. The lowest BCUT2D eigenvalue weighted by Gasteiger charge is -1.97. The van der Waals surface area contributed by atoms with Crippen molar-refractivity contribution in [3.63, 3.8) is 0 Å². The van der Waals surface area contributed by atoms with E-state index < -0.39 is 0 Å². The molecule has 0 fully saturated rings. The Morgan fingerprint density at radius 2 is 2.00 bits per heavy atom. The van der Waals surface area contributed by atoms with E-state index in [1.807, 2.05) is 30.3 Å². The lowest BCUT2D eigenvalue weighted by atomic mass is 10.1. The van der Waals surface area contributed by atoms with Gasteiger partial charge in [-0.2, -0.15) is 5.10 Å². The second kappa shape index (κ2) is 4.34. The van der Waals surface area contributed by atoms with Gasteiger partial charge < -0.3 is 5.43 Å². The molecule has 0 heterocycles. The first-order valence-corrected chi connectivity index (χ1v) is 3.79. The second-order valence-electron chi connectivity index (χ2n) is 2.31. The summed E-state index contributed by atoms with van der Waals surface area (Å²) in [4.78, 5) is 0. The average Bonchev–Trinajstić information content (AvgIpc) is 2.15. The molecule has 1 aromatic carbocycles. The number of rotatable bonds is 3. The number of hydrazone groups is 1. The van der Waals surface area contributed by atoms with Crippen LogP contribution in [0.15, 0.2) is 35.9 Å². The molecule has 0 amide bonds. The van der Waals surface area contributed by atoms with Gasteiger partial charge in [0.05, 0.1) is 6.21 Å². The van der Waals surface area contributed by atoms with E-state index in [0.717, 1.165) is 11.1 Å². The Morgan fingerprint density at radius 1 is 1.33 bits per heavy atom. The summed E-state index contributed by atoms with van der Waals surface area (Å²) >= 11 is 0. The molecule has 0 atom stereocenters. The lowest BCUT2D eigenvalue weighted by Crippen LogP contribution is -1.95. The van der Waals surface area contributed by atoms with Crippen molar-refractivity contribution in [2.24, 2.45) is 5.10 Å². The van der Waals surface area contributed by atoms with Crippen LogP contribution in [0, 0.1) is 0 Å². The summed E-state index contributed by atoms with van der Waals surface area (Å²) in [5.41, 5.74) is 4.87. The standard InChI is InChI=1S/C10H12N2/c1-3-9-6-4-5-7-10(9)8-12-11-2/h3-8,11H,1H2,2H3/b12-8+. The predicted molar refractivity (Wildman–Crippen MR) is 53.2 cm³/mol. The van der Waals surface area contributed by atoms with Gasteiger partial charge in [0.15, 0.2) is 0 Å². The minimum absolute atomic E-state index is 1.07. The summed E-state index contributed by atoms with van der Waals surface area (Å²) in [6.45, 7) is 3.72. The van der Waals surface area contributed by atoms with Crippen molar-refractivity contribution >= 4 is 12.3 Å². The molecule has 0 radical (unpaired) electrons. The minimum Gasteiger partial charge on any atom is -0.313 e. The maximum Gasteiger partial charge on any atom is 0.0546 e. The number of hydrogen-bond acceptors (Lipinski definition) is 2. The van der Waals surface area contributed by atoms with E-state index >= 15 is 0 Å². The molecule has 0 aliphatic rings. The molecule has 1 rings (SSSR count). The Labute approximate surface area is 72.6 Å². The summed E-state index contributed by atoms with van der Waals surface area (Å²) < 4.78 is 0. The van der Waals surface area contributed by atoms with E-state index in [1.165, 1.54) is 0 Å². The van der Waals surface area contributed by atoms with Crippen molar-refractivity contribution in [3.05, 3.63) is 42.0 Å². The van der Waals surface area contributed by atoms with Crippen molar-refractivity contribution in [3.8, 4) is 0 Å². The maximum atomic E-state index is 3.93. The fourth-order valence-electron chi connectivity index (χ4n) is 0.948. The van der Waals surface area contributed by atoms with E-state index in [1.54, 1.807) is 13.3 Å². The van der Waals surface area contributed by atoms with Gasteiger partial charge in [-0.1, -0.05) is 36.9 Å². The highest BCUT2D eigenvalue weighted by atomic mass is 15.3. The van der Waals surface area contributed by atoms with Gasteiger partial charge in [-0.15, -0.1) is 0 Å². The summed E-state index contributed by atoms with van der Waals surface area (Å²) in [5, 5.41) is 3.93. The van der Waals surface area contributed by atoms with Crippen molar-refractivity contribution in [2.75, 3.05) is 7.05 Å². The Bertz CT molecular complexity index is 290. The zero-order chi connectivity index (χ0) is 8.81. The van der Waals surface area contributed by atoms with Crippen LogP contribution in [0.5, 0.6) is 0 Å². The normalized spacial score (nSPS) is 10.1. The molecular formula is C10H12N2. The molecule has 0 bridgehead atoms. The van der Waals surface area contributed by atoms with Crippen LogP contribution in [0.1, 0.15) is 11.1 Å². The zero-order valence-corrected chi connectivity index (χ0v) is 7.12. The number of hydrogen-bond donors (Lipinski definition) is 1. The van der Waals surface area contributed by atoms with E-state index in [0.29, 0.717) is 0 Å². The fourth-order valence-corrected chi connectivity index (χ4v) is 0.948. The quantitative estimate of drug-likeness (QED) is 0.530. The van der Waals surface area contributed by atoms with Gasteiger partial charge >= 0.3 is 0 Å². The molecule has 0 spiro atoms. The summed E-state index contributed by atoms with van der Waals surface area (Å²) in [6, 6.07) is 7.96. The molecule has 0 unspecified atom stereocenters. The van der Waals surface area contributed by atoms with Gasteiger partial charge in [0, 0.05) is 12.6 Å². The topological polar surface area (TPSA) is 24.4 Å². The third-order valence-electron chi connectivity index (χ3n) is 1.55. The van der Waals surface area contributed by atoms with Crippen LogP contribution in [-0.2, 0) is 0 Å². The highest BCUT2D eigenvalue weighted by molar-refractivity contribution is 5.84. The molecule has 1 aromatic rings. The van der Waals surface area contributed by atoms with Crippen LogP contribution >= 0.6 is 0 Å². The first kappa shape index (κ1) is 8.53. The van der Waals surface area contributed by atoms with E-state index in [4.69, 9.17) is 0 Å². The van der Waals surface area contributed by atoms with Crippen molar-refractivity contribution in [1.29, 1.82) is 0 Å². The Morgan fingerprint density at radius 3 is 2.58 bits per heavy atom. The molecule has 1 N–H and O–H groups in total. The zero-order valence-electron chi connectivity index (χ0n) is 7.12. The number of benzene rings is 1. The smallest absolute Gasteiger partial charge is 0.0546 e. The van der Waals surface area contributed by atoms with Gasteiger partial charge in [-0.25, -0.2) is 0 Å².